The first-order chi connectivity index (χ1) is 5.92. The van der Waals surface area contributed by atoms with Crippen LogP contribution >= 0.6 is 0 Å². The standard InChI is InChI=1S/C9H7NO2/c11-10-6-7-2-1-3-9-8(7)4-5-12-9/h1-6,11H/b10-6+. The SMILES string of the molecule is O/N=C/c1cccc2occc12. The van der Waals surface area contributed by atoms with Crippen molar-refractivity contribution in [3.8, 4) is 0 Å². The molecule has 0 spiro atoms. The minimum Gasteiger partial charge on any atom is -0.464 e. The van der Waals surface area contributed by atoms with Crippen LogP contribution in [0.15, 0.2) is 40.1 Å². The lowest BCUT2D eigenvalue weighted by atomic mass is 10.1. The molecule has 0 unspecified atom stereocenters. The van der Waals surface area contributed by atoms with E-state index in [4.69, 9.17) is 9.62 Å². The zero-order chi connectivity index (χ0) is 8.39. The molecule has 60 valence electrons. The second kappa shape index (κ2) is 2.70. The van der Waals surface area contributed by atoms with Crippen molar-refractivity contribution in [2.45, 2.75) is 0 Å². The summed E-state index contributed by atoms with van der Waals surface area (Å²) in [5.41, 5.74) is 1.65. The van der Waals surface area contributed by atoms with Gasteiger partial charge in [-0.15, -0.1) is 0 Å². The molecule has 0 aliphatic heterocycles. The van der Waals surface area contributed by atoms with Gasteiger partial charge < -0.3 is 9.62 Å². The van der Waals surface area contributed by atoms with Gasteiger partial charge in [0.15, 0.2) is 0 Å². The van der Waals surface area contributed by atoms with Gasteiger partial charge in [-0.1, -0.05) is 17.3 Å². The van der Waals surface area contributed by atoms with E-state index in [1.165, 1.54) is 6.21 Å². The van der Waals surface area contributed by atoms with E-state index in [2.05, 4.69) is 5.16 Å². The number of hydrogen-bond donors (Lipinski definition) is 1. The number of rotatable bonds is 1. The van der Waals surface area contributed by atoms with Crippen LogP contribution in [-0.2, 0) is 0 Å². The predicted molar refractivity (Wildman–Crippen MR) is 45.6 cm³/mol. The van der Waals surface area contributed by atoms with E-state index in [0.717, 1.165) is 16.5 Å². The maximum Gasteiger partial charge on any atom is 0.134 e. The fourth-order valence-corrected chi connectivity index (χ4v) is 1.19. The van der Waals surface area contributed by atoms with Gasteiger partial charge in [0.2, 0.25) is 0 Å². The van der Waals surface area contributed by atoms with Gasteiger partial charge in [0, 0.05) is 10.9 Å². The van der Waals surface area contributed by atoms with Gasteiger partial charge in [0.1, 0.15) is 5.58 Å². The first-order valence-electron chi connectivity index (χ1n) is 3.55. The Hall–Kier alpha value is -1.77. The van der Waals surface area contributed by atoms with Crippen LogP contribution in [0.1, 0.15) is 5.56 Å². The summed E-state index contributed by atoms with van der Waals surface area (Å²) < 4.78 is 5.16. The van der Waals surface area contributed by atoms with Crippen LogP contribution in [0.4, 0.5) is 0 Å². The van der Waals surface area contributed by atoms with Crippen molar-refractivity contribution in [3.63, 3.8) is 0 Å². The number of furan rings is 1. The molecule has 1 aromatic carbocycles. The molecule has 0 aliphatic carbocycles. The highest BCUT2D eigenvalue weighted by atomic mass is 16.4. The van der Waals surface area contributed by atoms with Crippen molar-refractivity contribution in [1.82, 2.24) is 0 Å². The third-order valence-electron chi connectivity index (χ3n) is 1.73. The molecular weight excluding hydrogens is 154 g/mol. The van der Waals surface area contributed by atoms with Crippen molar-refractivity contribution < 1.29 is 9.62 Å². The van der Waals surface area contributed by atoms with Crippen LogP contribution < -0.4 is 0 Å². The third kappa shape index (κ3) is 0.955. The average Bonchev–Trinajstić information content (AvgIpc) is 2.53. The molecule has 12 heavy (non-hydrogen) atoms. The molecule has 1 N–H and O–H groups in total. The lowest BCUT2D eigenvalue weighted by Gasteiger charge is -1.91. The minimum atomic E-state index is 0.799. The van der Waals surface area contributed by atoms with Crippen molar-refractivity contribution in [2.75, 3.05) is 0 Å². The molecule has 1 aromatic heterocycles. The van der Waals surface area contributed by atoms with Crippen LogP contribution in [0.2, 0.25) is 0 Å². The third-order valence-corrected chi connectivity index (χ3v) is 1.73. The summed E-state index contributed by atoms with van der Waals surface area (Å²) in [4.78, 5) is 0. The fraction of sp³-hybridized carbons (Fsp3) is 0. The Morgan fingerprint density at radius 2 is 2.25 bits per heavy atom. The van der Waals surface area contributed by atoms with Gasteiger partial charge >= 0.3 is 0 Å². The summed E-state index contributed by atoms with van der Waals surface area (Å²) in [7, 11) is 0. The summed E-state index contributed by atoms with van der Waals surface area (Å²) in [5, 5.41) is 12.3. The van der Waals surface area contributed by atoms with Crippen LogP contribution in [-0.4, -0.2) is 11.4 Å². The molecule has 3 heteroatoms. The highest BCUT2D eigenvalue weighted by molar-refractivity contribution is 5.97. The Bertz CT molecular complexity index is 417. The second-order valence-electron chi connectivity index (χ2n) is 2.42. The van der Waals surface area contributed by atoms with E-state index in [9.17, 15) is 0 Å². The summed E-state index contributed by atoms with van der Waals surface area (Å²) in [6, 6.07) is 7.41. The van der Waals surface area contributed by atoms with Crippen molar-refractivity contribution in [3.05, 3.63) is 36.1 Å². The molecule has 0 bridgehead atoms. The summed E-state index contributed by atoms with van der Waals surface area (Å²) in [6.45, 7) is 0. The van der Waals surface area contributed by atoms with Gasteiger partial charge in [-0.25, -0.2) is 0 Å². The Balaban J connectivity index is 2.73. The number of oxime groups is 1. The molecule has 0 saturated heterocycles. The molecule has 0 fully saturated rings. The number of fused-ring (bicyclic) bond motifs is 1. The molecule has 0 amide bonds. The van der Waals surface area contributed by atoms with Crippen LogP contribution in [0.3, 0.4) is 0 Å². The second-order valence-corrected chi connectivity index (χ2v) is 2.42. The van der Waals surface area contributed by atoms with E-state index in [-0.39, 0.29) is 0 Å². The van der Waals surface area contributed by atoms with Gasteiger partial charge in [0.05, 0.1) is 12.5 Å². The number of hydrogen-bond acceptors (Lipinski definition) is 3. The lowest BCUT2D eigenvalue weighted by Crippen LogP contribution is -1.80. The molecule has 0 radical (unpaired) electrons. The summed E-state index contributed by atoms with van der Waals surface area (Å²) >= 11 is 0. The Morgan fingerprint density at radius 3 is 3.08 bits per heavy atom. The first kappa shape index (κ1) is 6.91. The maximum atomic E-state index is 8.36. The van der Waals surface area contributed by atoms with Gasteiger partial charge in [-0.3, -0.25) is 0 Å². The van der Waals surface area contributed by atoms with Gasteiger partial charge in [0.25, 0.3) is 0 Å². The average molecular weight is 161 g/mol. The van der Waals surface area contributed by atoms with Crippen LogP contribution in [0.5, 0.6) is 0 Å². The maximum absolute atomic E-state index is 8.36. The molecule has 0 saturated carbocycles. The largest absolute Gasteiger partial charge is 0.464 e. The Kier molecular flexibility index (Phi) is 1.55. The molecule has 2 aromatic rings. The highest BCUT2D eigenvalue weighted by Gasteiger charge is 1.99. The number of nitrogens with zero attached hydrogens (tertiary/aromatic N) is 1. The van der Waals surface area contributed by atoms with Gasteiger partial charge in [-0.2, -0.15) is 0 Å². The predicted octanol–water partition coefficient (Wildman–Crippen LogP) is 2.24. The molecule has 2 rings (SSSR count). The Morgan fingerprint density at radius 1 is 1.33 bits per heavy atom. The normalized spacial score (nSPS) is 11.3. The van der Waals surface area contributed by atoms with Crippen molar-refractivity contribution >= 4 is 17.2 Å². The molecule has 0 atom stereocenters. The van der Waals surface area contributed by atoms with Gasteiger partial charge in [-0.05, 0) is 12.1 Å². The van der Waals surface area contributed by atoms with Crippen molar-refractivity contribution in [1.29, 1.82) is 0 Å². The smallest absolute Gasteiger partial charge is 0.134 e. The molecule has 0 aliphatic rings. The summed E-state index contributed by atoms with van der Waals surface area (Å²) in [5.74, 6) is 0. The van der Waals surface area contributed by atoms with Crippen LogP contribution in [0, 0.1) is 0 Å². The Labute approximate surface area is 68.9 Å². The zero-order valence-electron chi connectivity index (χ0n) is 6.27. The monoisotopic (exact) mass is 161 g/mol. The quantitative estimate of drug-likeness (QED) is 0.396. The molecule has 1 heterocycles. The summed E-state index contributed by atoms with van der Waals surface area (Å²) in [6.07, 6.45) is 3.00. The van der Waals surface area contributed by atoms with E-state index < -0.39 is 0 Å². The van der Waals surface area contributed by atoms with E-state index >= 15 is 0 Å². The van der Waals surface area contributed by atoms with Crippen LogP contribution in [0.25, 0.3) is 11.0 Å². The minimum absolute atomic E-state index is 0.799. The zero-order valence-corrected chi connectivity index (χ0v) is 6.27. The molecule has 3 nitrogen and oxygen atoms in total. The topological polar surface area (TPSA) is 45.7 Å². The van der Waals surface area contributed by atoms with E-state index in [1.807, 2.05) is 24.3 Å². The van der Waals surface area contributed by atoms with E-state index in [1.54, 1.807) is 6.26 Å². The van der Waals surface area contributed by atoms with Crippen molar-refractivity contribution in [2.24, 2.45) is 5.16 Å². The van der Waals surface area contributed by atoms with E-state index in [0.29, 0.717) is 0 Å². The first-order valence-corrected chi connectivity index (χ1v) is 3.55. The highest BCUT2D eigenvalue weighted by Crippen LogP contribution is 2.17. The molecular formula is C9H7NO2. The fourth-order valence-electron chi connectivity index (χ4n) is 1.19. The number of benzene rings is 1. The lowest BCUT2D eigenvalue weighted by molar-refractivity contribution is 0.322.